The molecule has 0 bridgehead atoms. The Kier molecular flexibility index (Phi) is 4.97. The zero-order chi connectivity index (χ0) is 22.5. The molecule has 7 nitrogen and oxygen atoms in total. The van der Waals surface area contributed by atoms with Crippen molar-refractivity contribution in [2.45, 2.75) is 19.9 Å². The second-order valence-corrected chi connectivity index (χ2v) is 11.4. The van der Waals surface area contributed by atoms with Gasteiger partial charge in [0.05, 0.1) is 12.1 Å². The van der Waals surface area contributed by atoms with Crippen LogP contribution in [0.1, 0.15) is 16.8 Å². The number of rotatable bonds is 5. The van der Waals surface area contributed by atoms with Crippen LogP contribution in [-0.2, 0) is 17.5 Å². The largest absolute Gasteiger partial charge is 0.493 e. The fraction of sp³-hybridized carbons (Fsp3) is 0.261. The summed E-state index contributed by atoms with van der Waals surface area (Å²) in [6.07, 6.45) is 5.78. The van der Waals surface area contributed by atoms with Gasteiger partial charge in [-0.1, -0.05) is 6.07 Å². The SMILES string of the molecule is Cc1ccc(-c2cnc(NCc3c(F)ccc4c3CCO4)n3cnc(P(C)(C)=O)c23)cn1. The first-order valence-electron chi connectivity index (χ1n) is 10.3. The maximum atomic E-state index is 14.6. The highest BCUT2D eigenvalue weighted by Crippen LogP contribution is 2.38. The Balaban J connectivity index is 1.59. The zero-order valence-corrected chi connectivity index (χ0v) is 19.0. The number of nitrogens with zero attached hydrogens (tertiary/aromatic N) is 4. The topological polar surface area (TPSA) is 81.4 Å². The van der Waals surface area contributed by atoms with E-state index in [9.17, 15) is 8.96 Å². The number of halogens is 1. The summed E-state index contributed by atoms with van der Waals surface area (Å²) in [7, 11) is -2.67. The molecule has 1 N–H and O–H groups in total. The van der Waals surface area contributed by atoms with Crippen molar-refractivity contribution in [2.24, 2.45) is 0 Å². The number of aryl methyl sites for hydroxylation is 1. The van der Waals surface area contributed by atoms with Gasteiger partial charge in [-0.05, 0) is 38.5 Å². The van der Waals surface area contributed by atoms with Gasteiger partial charge in [0, 0.05) is 53.3 Å². The smallest absolute Gasteiger partial charge is 0.209 e. The highest BCUT2D eigenvalue weighted by molar-refractivity contribution is 7.70. The lowest BCUT2D eigenvalue weighted by atomic mass is 10.0. The maximum Gasteiger partial charge on any atom is 0.209 e. The van der Waals surface area contributed by atoms with E-state index in [1.165, 1.54) is 6.07 Å². The third-order valence-electron chi connectivity index (χ3n) is 5.64. The minimum Gasteiger partial charge on any atom is -0.493 e. The average molecular weight is 451 g/mol. The lowest BCUT2D eigenvalue weighted by Gasteiger charge is -2.14. The first-order chi connectivity index (χ1) is 15.3. The molecule has 0 unspecified atom stereocenters. The van der Waals surface area contributed by atoms with Crippen molar-refractivity contribution in [1.82, 2.24) is 19.4 Å². The Morgan fingerprint density at radius 3 is 2.75 bits per heavy atom. The summed E-state index contributed by atoms with van der Waals surface area (Å²) < 4.78 is 34.9. The summed E-state index contributed by atoms with van der Waals surface area (Å²) >= 11 is 0. The Morgan fingerprint density at radius 1 is 1.16 bits per heavy atom. The molecule has 1 aromatic carbocycles. The fourth-order valence-electron chi connectivity index (χ4n) is 4.04. The highest BCUT2D eigenvalue weighted by atomic mass is 31.2. The molecule has 0 atom stereocenters. The van der Waals surface area contributed by atoms with Gasteiger partial charge in [-0.15, -0.1) is 0 Å². The molecule has 0 aliphatic carbocycles. The third-order valence-corrected chi connectivity index (χ3v) is 6.99. The van der Waals surface area contributed by atoms with Gasteiger partial charge in [0.2, 0.25) is 5.95 Å². The van der Waals surface area contributed by atoms with Gasteiger partial charge in [-0.3, -0.25) is 9.38 Å². The summed E-state index contributed by atoms with van der Waals surface area (Å²) in [5.74, 6) is 0.941. The van der Waals surface area contributed by atoms with Crippen LogP contribution in [0.2, 0.25) is 0 Å². The molecule has 9 heteroatoms. The zero-order valence-electron chi connectivity index (χ0n) is 18.1. The molecule has 0 amide bonds. The molecule has 0 saturated carbocycles. The molecule has 5 rings (SSSR count). The number of pyridine rings is 1. The van der Waals surface area contributed by atoms with Crippen LogP contribution in [0, 0.1) is 12.7 Å². The summed E-state index contributed by atoms with van der Waals surface area (Å²) in [5.41, 5.74) is 5.25. The van der Waals surface area contributed by atoms with Crippen LogP contribution in [-0.4, -0.2) is 39.3 Å². The number of aromatic nitrogens is 4. The minimum absolute atomic E-state index is 0.245. The van der Waals surface area contributed by atoms with Gasteiger partial charge in [0.15, 0.2) is 0 Å². The van der Waals surface area contributed by atoms with Crippen LogP contribution >= 0.6 is 7.14 Å². The number of hydrogen-bond acceptors (Lipinski definition) is 6. The van der Waals surface area contributed by atoms with E-state index in [0.717, 1.165) is 28.1 Å². The Morgan fingerprint density at radius 2 is 2.00 bits per heavy atom. The van der Waals surface area contributed by atoms with Crippen LogP contribution < -0.4 is 15.5 Å². The average Bonchev–Trinajstić information content (AvgIpc) is 3.41. The molecule has 4 aromatic rings. The number of benzene rings is 1. The number of nitrogens with one attached hydrogen (secondary N) is 1. The van der Waals surface area contributed by atoms with Crippen molar-refractivity contribution < 1.29 is 13.7 Å². The summed E-state index contributed by atoms with van der Waals surface area (Å²) in [5, 5.41) is 3.24. The van der Waals surface area contributed by atoms with E-state index in [0.29, 0.717) is 35.5 Å². The fourth-order valence-corrected chi connectivity index (χ4v) is 5.10. The first-order valence-corrected chi connectivity index (χ1v) is 12.9. The Hall–Kier alpha value is -3.25. The molecule has 0 fully saturated rings. The lowest BCUT2D eigenvalue weighted by molar-refractivity contribution is 0.356. The van der Waals surface area contributed by atoms with E-state index in [4.69, 9.17) is 4.74 Å². The van der Waals surface area contributed by atoms with Crippen molar-refractivity contribution in [2.75, 3.05) is 25.3 Å². The molecule has 164 valence electrons. The van der Waals surface area contributed by atoms with Crippen molar-refractivity contribution in [3.05, 3.63) is 65.6 Å². The van der Waals surface area contributed by atoms with Gasteiger partial charge in [-0.2, -0.15) is 0 Å². The monoisotopic (exact) mass is 451 g/mol. The molecule has 0 radical (unpaired) electrons. The molecule has 4 heterocycles. The normalized spacial score (nSPS) is 13.2. The van der Waals surface area contributed by atoms with E-state index in [2.05, 4.69) is 20.3 Å². The second-order valence-electron chi connectivity index (χ2n) is 8.28. The minimum atomic E-state index is -2.67. The van der Waals surface area contributed by atoms with Crippen molar-refractivity contribution >= 4 is 24.0 Å². The molecule has 0 saturated heterocycles. The quantitative estimate of drug-likeness (QED) is 0.462. The third kappa shape index (κ3) is 3.54. The predicted octanol–water partition coefficient (Wildman–Crippen LogP) is 4.03. The number of hydrogen-bond donors (Lipinski definition) is 1. The van der Waals surface area contributed by atoms with Gasteiger partial charge < -0.3 is 14.6 Å². The van der Waals surface area contributed by atoms with E-state index < -0.39 is 7.14 Å². The number of anilines is 1. The van der Waals surface area contributed by atoms with Crippen LogP contribution in [0.5, 0.6) is 5.75 Å². The number of ether oxygens (including phenoxy) is 1. The van der Waals surface area contributed by atoms with Gasteiger partial charge >= 0.3 is 0 Å². The maximum absolute atomic E-state index is 14.6. The van der Waals surface area contributed by atoms with Crippen molar-refractivity contribution in [3.8, 4) is 16.9 Å². The van der Waals surface area contributed by atoms with Crippen LogP contribution in [0.15, 0.2) is 43.0 Å². The van der Waals surface area contributed by atoms with E-state index in [1.54, 1.807) is 42.5 Å². The summed E-state index contributed by atoms with van der Waals surface area (Å²) in [6.45, 7) is 6.12. The van der Waals surface area contributed by atoms with Crippen molar-refractivity contribution in [1.29, 1.82) is 0 Å². The molecule has 0 spiro atoms. The Labute approximate surface area is 185 Å². The first kappa shape index (κ1) is 20.6. The summed E-state index contributed by atoms with van der Waals surface area (Å²) in [6, 6.07) is 6.98. The molecule has 3 aromatic heterocycles. The second kappa shape index (κ2) is 7.71. The molecular formula is C23H23FN5O2P. The van der Waals surface area contributed by atoms with Crippen LogP contribution in [0.25, 0.3) is 16.6 Å². The predicted molar refractivity (Wildman–Crippen MR) is 123 cm³/mol. The molecular weight excluding hydrogens is 428 g/mol. The summed E-state index contributed by atoms with van der Waals surface area (Å²) in [4.78, 5) is 13.4. The Bertz CT molecular complexity index is 1380. The number of imidazole rings is 1. The lowest BCUT2D eigenvalue weighted by Crippen LogP contribution is -2.12. The van der Waals surface area contributed by atoms with E-state index in [1.807, 2.05) is 19.1 Å². The van der Waals surface area contributed by atoms with Crippen LogP contribution in [0.3, 0.4) is 0 Å². The van der Waals surface area contributed by atoms with Gasteiger partial charge in [-0.25, -0.2) is 14.4 Å². The molecule has 1 aliphatic rings. The molecule has 32 heavy (non-hydrogen) atoms. The molecule has 1 aliphatic heterocycles. The van der Waals surface area contributed by atoms with Gasteiger partial charge in [0.25, 0.3) is 0 Å². The van der Waals surface area contributed by atoms with E-state index >= 15 is 0 Å². The number of fused-ring (bicyclic) bond motifs is 2. The van der Waals surface area contributed by atoms with Crippen LogP contribution in [0.4, 0.5) is 10.3 Å². The van der Waals surface area contributed by atoms with E-state index in [-0.39, 0.29) is 12.4 Å². The highest BCUT2D eigenvalue weighted by Gasteiger charge is 2.24. The standard InChI is InChI=1S/C23H23FN5O2P/c1-14-4-5-15(10-25-14)17-11-26-23(29-13-28-22(21(17)29)32(2,3)30)27-12-18-16-8-9-31-20(16)7-6-19(18)24/h4-7,10-11,13H,8-9,12H2,1-3H3,(H,26,27). The van der Waals surface area contributed by atoms with Crippen molar-refractivity contribution in [3.63, 3.8) is 0 Å². The van der Waals surface area contributed by atoms with Gasteiger partial charge in [0.1, 0.15) is 30.5 Å².